The Balaban J connectivity index is 1.04. The molecule has 7 rings (SSSR count). The summed E-state index contributed by atoms with van der Waals surface area (Å²) in [4.78, 5) is 43.0. The second-order valence-electron chi connectivity index (χ2n) is 13.2. The van der Waals surface area contributed by atoms with Crippen molar-refractivity contribution in [2.24, 2.45) is 11.8 Å². The van der Waals surface area contributed by atoms with Gasteiger partial charge in [-0.25, -0.2) is 9.69 Å². The lowest BCUT2D eigenvalue weighted by Gasteiger charge is -2.45. The highest BCUT2D eigenvalue weighted by Gasteiger charge is 2.62. The largest absolute Gasteiger partial charge is 0.462 e. The Kier molecular flexibility index (Phi) is 10.1. The zero-order valence-corrected chi connectivity index (χ0v) is 26.7. The summed E-state index contributed by atoms with van der Waals surface area (Å²) < 4.78 is 5.69. The number of carbonyl (C=O) groups is 3. The van der Waals surface area contributed by atoms with Gasteiger partial charge in [-0.2, -0.15) is 0 Å². The van der Waals surface area contributed by atoms with Crippen molar-refractivity contribution in [3.63, 3.8) is 0 Å². The van der Waals surface area contributed by atoms with E-state index in [2.05, 4.69) is 31.2 Å². The van der Waals surface area contributed by atoms with Crippen molar-refractivity contribution < 1.29 is 19.1 Å². The normalized spacial score (nSPS) is 21.0. The molecule has 0 radical (unpaired) electrons. The Hall–Kier alpha value is -3.73. The maximum Gasteiger partial charge on any atom is 0.340 e. The summed E-state index contributed by atoms with van der Waals surface area (Å²) >= 11 is 0. The molecule has 45 heavy (non-hydrogen) atoms. The first-order chi connectivity index (χ1) is 22.1. The SMILES string of the molecule is CCCCCCCCCCCCCCCOC(=O)c1ccccc1N1C(=O)[C@@H]2C3c4ccccc4C(c4ccccc43)[C@H]2C1=O. The number of nitrogens with zero attached hydrogens (tertiary/aromatic N) is 1. The number of carbonyl (C=O) groups excluding carboxylic acids is 3. The van der Waals surface area contributed by atoms with Crippen LogP contribution in [-0.2, 0) is 14.3 Å². The average molecular weight is 606 g/mol. The molecule has 0 saturated carbocycles. The number of ether oxygens (including phenoxy) is 1. The minimum absolute atomic E-state index is 0.177. The fourth-order valence-electron chi connectivity index (χ4n) is 8.12. The second kappa shape index (κ2) is 14.6. The van der Waals surface area contributed by atoms with Gasteiger partial charge < -0.3 is 4.74 Å². The highest BCUT2D eigenvalue weighted by Crippen LogP contribution is 2.61. The number of para-hydroxylation sites is 1. The lowest BCUT2D eigenvalue weighted by atomic mass is 9.55. The minimum atomic E-state index is -0.484. The van der Waals surface area contributed by atoms with Gasteiger partial charge in [0.25, 0.3) is 0 Å². The van der Waals surface area contributed by atoms with Gasteiger partial charge in [0, 0.05) is 11.8 Å². The fraction of sp³-hybridized carbons (Fsp3) is 0.475. The van der Waals surface area contributed by atoms with E-state index in [1.807, 2.05) is 24.3 Å². The van der Waals surface area contributed by atoms with Crippen LogP contribution in [0.3, 0.4) is 0 Å². The van der Waals surface area contributed by atoms with Crippen LogP contribution in [-0.4, -0.2) is 24.4 Å². The lowest BCUT2D eigenvalue weighted by molar-refractivity contribution is -0.122. The van der Waals surface area contributed by atoms with E-state index >= 15 is 0 Å². The number of hydrogen-bond acceptors (Lipinski definition) is 4. The summed E-state index contributed by atoms with van der Waals surface area (Å²) in [6.45, 7) is 2.60. The molecule has 0 aromatic heterocycles. The van der Waals surface area contributed by atoms with Gasteiger partial charge in [-0.15, -0.1) is 0 Å². The van der Waals surface area contributed by atoms with Gasteiger partial charge in [-0.1, -0.05) is 145 Å². The van der Waals surface area contributed by atoms with Crippen molar-refractivity contribution in [1.82, 2.24) is 0 Å². The molecule has 2 atom stereocenters. The monoisotopic (exact) mass is 605 g/mol. The third-order valence-electron chi connectivity index (χ3n) is 10.3. The number of esters is 1. The summed E-state index contributed by atoms with van der Waals surface area (Å²) in [7, 11) is 0. The van der Waals surface area contributed by atoms with Crippen LogP contribution < -0.4 is 4.90 Å². The van der Waals surface area contributed by atoms with Gasteiger partial charge >= 0.3 is 5.97 Å². The van der Waals surface area contributed by atoms with E-state index in [4.69, 9.17) is 4.74 Å². The number of amides is 2. The second-order valence-corrected chi connectivity index (χ2v) is 13.2. The molecule has 236 valence electrons. The third-order valence-corrected chi connectivity index (χ3v) is 10.3. The lowest BCUT2D eigenvalue weighted by Crippen LogP contribution is -2.41. The molecule has 2 bridgehead atoms. The fourth-order valence-corrected chi connectivity index (χ4v) is 8.12. The van der Waals surface area contributed by atoms with E-state index in [0.717, 1.165) is 41.5 Å². The van der Waals surface area contributed by atoms with Gasteiger partial charge in [0.05, 0.1) is 29.7 Å². The molecule has 3 aromatic rings. The van der Waals surface area contributed by atoms with Crippen molar-refractivity contribution in [2.75, 3.05) is 11.5 Å². The summed E-state index contributed by atoms with van der Waals surface area (Å²) in [5.41, 5.74) is 5.15. The van der Waals surface area contributed by atoms with E-state index in [9.17, 15) is 14.4 Å². The van der Waals surface area contributed by atoms with Crippen molar-refractivity contribution in [2.45, 2.75) is 102 Å². The Morgan fingerprint density at radius 2 is 0.978 bits per heavy atom. The molecule has 0 unspecified atom stereocenters. The zero-order valence-electron chi connectivity index (χ0n) is 26.7. The molecular formula is C40H47NO4. The predicted molar refractivity (Wildman–Crippen MR) is 178 cm³/mol. The van der Waals surface area contributed by atoms with E-state index < -0.39 is 17.8 Å². The highest BCUT2D eigenvalue weighted by atomic mass is 16.5. The highest BCUT2D eigenvalue weighted by molar-refractivity contribution is 6.25. The average Bonchev–Trinajstić information content (AvgIpc) is 3.34. The summed E-state index contributed by atoms with van der Waals surface area (Å²) in [5, 5.41) is 0. The van der Waals surface area contributed by atoms with Crippen LogP contribution in [0.15, 0.2) is 72.8 Å². The molecule has 3 aliphatic carbocycles. The maximum absolute atomic E-state index is 14.2. The van der Waals surface area contributed by atoms with Crippen LogP contribution in [0.1, 0.15) is 135 Å². The smallest absolute Gasteiger partial charge is 0.340 e. The molecule has 4 aliphatic rings. The first-order valence-corrected chi connectivity index (χ1v) is 17.4. The number of hydrogen-bond donors (Lipinski definition) is 0. The van der Waals surface area contributed by atoms with E-state index in [-0.39, 0.29) is 29.2 Å². The van der Waals surface area contributed by atoms with Crippen molar-refractivity contribution in [1.29, 1.82) is 0 Å². The molecule has 1 saturated heterocycles. The van der Waals surface area contributed by atoms with Crippen LogP contribution in [0.5, 0.6) is 0 Å². The molecule has 1 fully saturated rings. The Morgan fingerprint density at radius 1 is 0.578 bits per heavy atom. The minimum Gasteiger partial charge on any atom is -0.462 e. The van der Waals surface area contributed by atoms with Crippen LogP contribution in [0, 0.1) is 11.8 Å². The summed E-state index contributed by atoms with van der Waals surface area (Å²) in [6, 6.07) is 23.4. The number of imide groups is 1. The molecule has 0 N–H and O–H groups in total. The quantitative estimate of drug-likeness (QED) is 0.0927. The number of benzene rings is 3. The Bertz CT molecular complexity index is 1400. The van der Waals surface area contributed by atoms with Gasteiger partial charge in [-0.3, -0.25) is 9.59 Å². The topological polar surface area (TPSA) is 63.7 Å². The first-order valence-electron chi connectivity index (χ1n) is 17.4. The third kappa shape index (κ3) is 6.23. The van der Waals surface area contributed by atoms with Crippen LogP contribution in [0.25, 0.3) is 0 Å². The molecule has 3 aromatic carbocycles. The molecular weight excluding hydrogens is 558 g/mol. The van der Waals surface area contributed by atoms with Crippen LogP contribution in [0.4, 0.5) is 5.69 Å². The molecule has 1 aliphatic heterocycles. The van der Waals surface area contributed by atoms with Gasteiger partial charge in [0.1, 0.15) is 0 Å². The molecule has 1 heterocycles. The number of unbranched alkanes of at least 4 members (excludes halogenated alkanes) is 12. The maximum atomic E-state index is 14.2. The van der Waals surface area contributed by atoms with Crippen LogP contribution in [0.2, 0.25) is 0 Å². The molecule has 5 heteroatoms. The summed E-state index contributed by atoms with van der Waals surface area (Å²) in [5.74, 6) is -2.24. The van der Waals surface area contributed by atoms with Gasteiger partial charge in [-0.05, 0) is 40.8 Å². The molecule has 2 amide bonds. The van der Waals surface area contributed by atoms with Gasteiger partial charge in [0.15, 0.2) is 0 Å². The van der Waals surface area contributed by atoms with E-state index in [0.29, 0.717) is 12.3 Å². The Labute approximate surface area is 268 Å². The van der Waals surface area contributed by atoms with E-state index in [1.165, 1.54) is 69.1 Å². The molecule has 0 spiro atoms. The van der Waals surface area contributed by atoms with E-state index in [1.54, 1.807) is 24.3 Å². The summed E-state index contributed by atoms with van der Waals surface area (Å²) in [6.07, 6.45) is 16.3. The first kappa shape index (κ1) is 31.3. The zero-order chi connectivity index (χ0) is 31.2. The number of rotatable bonds is 16. The van der Waals surface area contributed by atoms with Crippen molar-refractivity contribution in [3.05, 3.63) is 101 Å². The van der Waals surface area contributed by atoms with Crippen molar-refractivity contribution in [3.8, 4) is 0 Å². The molecule has 5 nitrogen and oxygen atoms in total. The number of anilines is 1. The van der Waals surface area contributed by atoms with Crippen LogP contribution >= 0.6 is 0 Å². The standard InChI is InChI=1S/C40H47NO4/c1-2-3-4-5-6-7-8-9-10-11-12-13-20-27-45-40(44)32-25-18-19-26-33(32)41-38(42)36-34-28-21-14-15-22-29(28)35(37(36)39(41)43)31-24-17-16-23-30(31)34/h14-19,21-26,34-37H,2-13,20,27H2,1H3/t34?,35?,36-,37-/m1/s1. The Morgan fingerprint density at radius 3 is 1.44 bits per heavy atom. The van der Waals surface area contributed by atoms with Gasteiger partial charge in [0.2, 0.25) is 11.8 Å². The van der Waals surface area contributed by atoms with Crippen molar-refractivity contribution >= 4 is 23.5 Å². The predicted octanol–water partition coefficient (Wildman–Crippen LogP) is 9.33.